The first-order valence-electron chi connectivity index (χ1n) is 7.59. The molecule has 0 aromatic heterocycles. The first-order valence-corrected chi connectivity index (χ1v) is 8.99. The van der Waals surface area contributed by atoms with E-state index in [4.69, 9.17) is 5.73 Å². The van der Waals surface area contributed by atoms with Gasteiger partial charge in [-0.25, -0.2) is 0 Å². The molecule has 0 aliphatic carbocycles. The molecule has 0 radical (unpaired) electrons. The second-order valence-electron chi connectivity index (χ2n) is 5.89. The molecule has 2 rings (SSSR count). The van der Waals surface area contributed by atoms with Crippen molar-refractivity contribution in [2.24, 2.45) is 5.73 Å². The van der Waals surface area contributed by atoms with E-state index in [-0.39, 0.29) is 6.04 Å². The van der Waals surface area contributed by atoms with Gasteiger partial charge in [-0.2, -0.15) is 11.8 Å². The molecule has 0 bridgehead atoms. The molecular weight excluding hydrogens is 290 g/mol. The van der Waals surface area contributed by atoms with Gasteiger partial charge in [-0.1, -0.05) is 59.7 Å². The molecule has 1 atom stereocenters. The first kappa shape index (κ1) is 17.1. The topological polar surface area (TPSA) is 46.2 Å². The Labute approximate surface area is 137 Å². The Hall–Kier alpha value is -1.29. The molecule has 0 aliphatic rings. The van der Waals surface area contributed by atoms with Crippen molar-refractivity contribution in [2.75, 3.05) is 12.0 Å². The fourth-order valence-electron chi connectivity index (χ4n) is 2.66. The van der Waals surface area contributed by atoms with E-state index in [9.17, 15) is 5.11 Å². The molecule has 2 aromatic carbocycles. The van der Waals surface area contributed by atoms with E-state index in [1.165, 1.54) is 11.1 Å². The Kier molecular flexibility index (Phi) is 5.68. The van der Waals surface area contributed by atoms with Crippen molar-refractivity contribution < 1.29 is 5.11 Å². The summed E-state index contributed by atoms with van der Waals surface area (Å²) < 4.78 is 0. The number of hydrogen-bond donors (Lipinski definition) is 2. The van der Waals surface area contributed by atoms with Gasteiger partial charge < -0.3 is 10.8 Å². The summed E-state index contributed by atoms with van der Waals surface area (Å²) in [6.07, 6.45) is 2.82. The van der Waals surface area contributed by atoms with Crippen LogP contribution in [0.3, 0.4) is 0 Å². The van der Waals surface area contributed by atoms with Crippen molar-refractivity contribution in [3.8, 4) is 0 Å². The fourth-order valence-corrected chi connectivity index (χ4v) is 3.15. The van der Waals surface area contributed by atoms with E-state index in [2.05, 4.69) is 6.26 Å². The number of nitrogens with two attached hydrogens (primary N) is 1. The summed E-state index contributed by atoms with van der Waals surface area (Å²) in [4.78, 5) is 0. The summed E-state index contributed by atoms with van der Waals surface area (Å²) in [6.45, 7) is 4.09. The average Bonchev–Trinajstić information content (AvgIpc) is 2.53. The van der Waals surface area contributed by atoms with Crippen LogP contribution in [0.4, 0.5) is 0 Å². The minimum Gasteiger partial charge on any atom is -0.379 e. The van der Waals surface area contributed by atoms with Gasteiger partial charge in [0.2, 0.25) is 0 Å². The SMILES string of the molecule is CSCC[C@H](N)C(O)(c1ccc(C)cc1)c1ccc(C)cc1. The lowest BCUT2D eigenvalue weighted by Gasteiger charge is -2.35. The summed E-state index contributed by atoms with van der Waals surface area (Å²) in [6, 6.07) is 15.7. The fraction of sp³-hybridized carbons (Fsp3) is 0.368. The van der Waals surface area contributed by atoms with Crippen molar-refractivity contribution >= 4 is 11.8 Å². The Bertz CT molecular complexity index is 546. The standard InChI is InChI=1S/C19H25NOS/c1-14-4-8-16(9-5-14)19(21,18(20)12-13-22-3)17-10-6-15(2)7-11-17/h4-11,18,21H,12-13,20H2,1-3H3/t18-/m0/s1. The molecule has 0 amide bonds. The number of thioether (sulfide) groups is 1. The molecule has 22 heavy (non-hydrogen) atoms. The molecule has 2 nitrogen and oxygen atoms in total. The smallest absolute Gasteiger partial charge is 0.130 e. The predicted molar refractivity (Wildman–Crippen MR) is 96.3 cm³/mol. The maximum absolute atomic E-state index is 11.5. The molecule has 0 saturated heterocycles. The summed E-state index contributed by atoms with van der Waals surface area (Å²) in [5.41, 5.74) is 9.32. The van der Waals surface area contributed by atoms with Gasteiger partial charge in [-0.3, -0.25) is 0 Å². The zero-order chi connectivity index (χ0) is 16.2. The summed E-state index contributed by atoms with van der Waals surface area (Å²) in [5.74, 6) is 0.932. The van der Waals surface area contributed by atoms with Crippen molar-refractivity contribution in [1.29, 1.82) is 0 Å². The second-order valence-corrected chi connectivity index (χ2v) is 6.87. The third-order valence-corrected chi connectivity index (χ3v) is 4.80. The molecule has 0 spiro atoms. The maximum atomic E-state index is 11.5. The molecule has 118 valence electrons. The predicted octanol–water partition coefficient (Wildman–Crippen LogP) is 3.62. The summed E-state index contributed by atoms with van der Waals surface area (Å²) >= 11 is 1.75. The van der Waals surface area contributed by atoms with Gasteiger partial charge in [0.25, 0.3) is 0 Å². The molecule has 3 N–H and O–H groups in total. The van der Waals surface area contributed by atoms with Crippen LogP contribution in [0.15, 0.2) is 48.5 Å². The van der Waals surface area contributed by atoms with Gasteiger partial charge >= 0.3 is 0 Å². The lowest BCUT2D eigenvalue weighted by Crippen LogP contribution is -2.46. The van der Waals surface area contributed by atoms with Gasteiger partial charge in [-0.05, 0) is 43.4 Å². The third kappa shape index (κ3) is 3.54. The Morgan fingerprint density at radius 2 is 1.36 bits per heavy atom. The van der Waals surface area contributed by atoms with Crippen LogP contribution in [0.1, 0.15) is 28.7 Å². The summed E-state index contributed by atoms with van der Waals surface area (Å²) in [7, 11) is 0. The third-order valence-electron chi connectivity index (χ3n) is 4.15. The van der Waals surface area contributed by atoms with Crippen LogP contribution < -0.4 is 5.73 Å². The van der Waals surface area contributed by atoms with Crippen molar-refractivity contribution in [3.63, 3.8) is 0 Å². The zero-order valence-corrected chi connectivity index (χ0v) is 14.4. The van der Waals surface area contributed by atoms with Gasteiger partial charge in [-0.15, -0.1) is 0 Å². The molecule has 0 aliphatic heterocycles. The highest BCUT2D eigenvalue weighted by atomic mass is 32.2. The number of benzene rings is 2. The van der Waals surface area contributed by atoms with Crippen LogP contribution in [0, 0.1) is 13.8 Å². The largest absolute Gasteiger partial charge is 0.379 e. The highest BCUT2D eigenvalue weighted by molar-refractivity contribution is 7.98. The Morgan fingerprint density at radius 1 is 0.955 bits per heavy atom. The lowest BCUT2D eigenvalue weighted by atomic mass is 9.79. The van der Waals surface area contributed by atoms with E-state index < -0.39 is 5.60 Å². The molecule has 0 saturated carbocycles. The first-order chi connectivity index (χ1) is 10.5. The number of aryl methyl sites for hydroxylation is 2. The number of aliphatic hydroxyl groups is 1. The number of rotatable bonds is 6. The summed E-state index contributed by atoms with van der Waals surface area (Å²) in [5, 5.41) is 11.5. The van der Waals surface area contributed by atoms with E-state index in [1.807, 2.05) is 62.4 Å². The van der Waals surface area contributed by atoms with Crippen molar-refractivity contribution in [1.82, 2.24) is 0 Å². The minimum atomic E-state index is -1.16. The van der Waals surface area contributed by atoms with E-state index in [0.29, 0.717) is 0 Å². The average molecular weight is 315 g/mol. The quantitative estimate of drug-likeness (QED) is 0.856. The highest BCUT2D eigenvalue weighted by Crippen LogP contribution is 2.34. The normalized spacial score (nSPS) is 13.1. The highest BCUT2D eigenvalue weighted by Gasteiger charge is 2.37. The van der Waals surface area contributed by atoms with Gasteiger partial charge in [0.1, 0.15) is 5.60 Å². The molecule has 3 heteroatoms. The van der Waals surface area contributed by atoms with Crippen LogP contribution >= 0.6 is 11.8 Å². The van der Waals surface area contributed by atoms with E-state index in [0.717, 1.165) is 23.3 Å². The number of hydrogen-bond acceptors (Lipinski definition) is 3. The Balaban J connectivity index is 2.47. The lowest BCUT2D eigenvalue weighted by molar-refractivity contribution is 0.0507. The van der Waals surface area contributed by atoms with Crippen LogP contribution in [0.2, 0.25) is 0 Å². The maximum Gasteiger partial charge on any atom is 0.130 e. The second kappa shape index (κ2) is 7.32. The molecule has 2 aromatic rings. The molecular formula is C19H25NOS. The van der Waals surface area contributed by atoms with Crippen LogP contribution in [-0.2, 0) is 5.60 Å². The van der Waals surface area contributed by atoms with Gasteiger partial charge in [0.05, 0.1) is 0 Å². The van der Waals surface area contributed by atoms with Crippen molar-refractivity contribution in [3.05, 3.63) is 70.8 Å². The van der Waals surface area contributed by atoms with Gasteiger partial charge in [0.15, 0.2) is 0 Å². The van der Waals surface area contributed by atoms with Crippen LogP contribution in [0.25, 0.3) is 0 Å². The minimum absolute atomic E-state index is 0.342. The van der Waals surface area contributed by atoms with E-state index >= 15 is 0 Å². The van der Waals surface area contributed by atoms with Gasteiger partial charge in [0, 0.05) is 6.04 Å². The zero-order valence-electron chi connectivity index (χ0n) is 13.5. The molecule has 0 heterocycles. The van der Waals surface area contributed by atoms with E-state index in [1.54, 1.807) is 11.8 Å². The van der Waals surface area contributed by atoms with Crippen LogP contribution in [0.5, 0.6) is 0 Å². The monoisotopic (exact) mass is 315 g/mol. The Morgan fingerprint density at radius 3 is 1.73 bits per heavy atom. The molecule has 0 fully saturated rings. The van der Waals surface area contributed by atoms with Crippen molar-refractivity contribution in [2.45, 2.75) is 31.9 Å². The molecule has 0 unspecified atom stereocenters. The van der Waals surface area contributed by atoms with Crippen LogP contribution in [-0.4, -0.2) is 23.2 Å².